The fourth-order valence-electron chi connectivity index (χ4n) is 8.84. The van der Waals surface area contributed by atoms with Crippen molar-refractivity contribution in [3.05, 3.63) is 93.9 Å². The van der Waals surface area contributed by atoms with Crippen molar-refractivity contribution in [2.45, 2.75) is 83.6 Å². The van der Waals surface area contributed by atoms with Gasteiger partial charge in [0.15, 0.2) is 5.78 Å². The van der Waals surface area contributed by atoms with E-state index in [2.05, 4.69) is 68.8 Å². The number of carbonyl (C=O) groups excluding carboxylic acids is 6. The van der Waals surface area contributed by atoms with Gasteiger partial charge >= 0.3 is 16.3 Å². The quantitative estimate of drug-likeness (QED) is 0.0118. The number of benzene rings is 2. The van der Waals surface area contributed by atoms with Crippen LogP contribution in [0.3, 0.4) is 0 Å². The van der Waals surface area contributed by atoms with Crippen LogP contribution in [0.4, 0.5) is 20.7 Å². The van der Waals surface area contributed by atoms with Gasteiger partial charge in [-0.15, -0.1) is 0 Å². The summed E-state index contributed by atoms with van der Waals surface area (Å²) in [6, 6.07) is 9.23. The molecule has 6 atom stereocenters. The zero-order valence-corrected chi connectivity index (χ0v) is 50.5. The Morgan fingerprint density at radius 2 is 1.61 bits per heavy atom. The maximum Gasteiger partial charge on any atom is 0.333 e. The number of carbonyl (C=O) groups is 6. The molecule has 11 N–H and O–H groups in total. The molecule has 0 aliphatic carbocycles. The summed E-state index contributed by atoms with van der Waals surface area (Å²) in [5.74, 6) is 1.78. The number of amides is 6. The van der Waals surface area contributed by atoms with Gasteiger partial charge in [-0.2, -0.15) is 8.42 Å². The largest absolute Gasteiger partial charge is 0.492 e. The lowest BCUT2D eigenvalue weighted by Gasteiger charge is -2.24. The molecule has 0 spiro atoms. The highest BCUT2D eigenvalue weighted by Gasteiger charge is 2.47. The van der Waals surface area contributed by atoms with E-state index in [0.717, 1.165) is 4.90 Å². The van der Waals surface area contributed by atoms with Gasteiger partial charge < -0.3 is 68.7 Å². The van der Waals surface area contributed by atoms with E-state index in [1.807, 2.05) is 0 Å². The lowest BCUT2D eigenvalue weighted by Crippen LogP contribution is -2.45. The van der Waals surface area contributed by atoms with Crippen LogP contribution in [-0.2, 0) is 64.0 Å². The number of urea groups is 1. The van der Waals surface area contributed by atoms with Crippen molar-refractivity contribution >= 4 is 100 Å². The number of anilines is 2. The van der Waals surface area contributed by atoms with Crippen molar-refractivity contribution in [2.24, 2.45) is 22.7 Å². The first-order valence-electron chi connectivity index (χ1n) is 26.2. The number of halogens is 3. The number of Topliss-reactive ketones (excluding diaryl/α,β-unsaturated/α-hetero) is 1. The number of ether oxygens (including phenoxy) is 5. The number of hydrogen-bond donors (Lipinski definition) is 8. The van der Waals surface area contributed by atoms with Crippen molar-refractivity contribution in [3.8, 4) is 17.6 Å². The van der Waals surface area contributed by atoms with E-state index in [4.69, 9.17) is 40.3 Å². The van der Waals surface area contributed by atoms with Crippen LogP contribution < -0.4 is 41.9 Å². The Hall–Kier alpha value is -6.50. The van der Waals surface area contributed by atoms with Crippen molar-refractivity contribution in [2.75, 3.05) is 77.0 Å². The van der Waals surface area contributed by atoms with Crippen LogP contribution >= 0.6 is 31.9 Å². The van der Waals surface area contributed by atoms with Crippen LogP contribution in [0.25, 0.3) is 11.0 Å². The number of aromatic nitrogens is 3. The molecule has 6 amide bonds. The summed E-state index contributed by atoms with van der Waals surface area (Å²) in [5, 5.41) is 35.7. The lowest BCUT2D eigenvalue weighted by molar-refractivity contribution is -0.668. The van der Waals surface area contributed by atoms with Crippen LogP contribution in [0.15, 0.2) is 64.0 Å². The summed E-state index contributed by atoms with van der Waals surface area (Å²) in [6.45, 7) is 5.98. The zero-order chi connectivity index (χ0) is 60.5. The number of rotatable bonds is 31. The van der Waals surface area contributed by atoms with Crippen LogP contribution in [0.1, 0.15) is 69.4 Å². The monoisotopic (exact) mass is 1320 g/mol. The van der Waals surface area contributed by atoms with Crippen LogP contribution in [0, 0.1) is 36.9 Å². The van der Waals surface area contributed by atoms with Gasteiger partial charge in [0.05, 0.1) is 83.7 Å². The van der Waals surface area contributed by atoms with Crippen molar-refractivity contribution in [1.29, 1.82) is 0 Å². The second-order valence-corrected chi connectivity index (χ2v) is 22.1. The molecule has 26 nitrogen and oxygen atoms in total. The summed E-state index contributed by atoms with van der Waals surface area (Å²) in [7, 11) is -4.46. The van der Waals surface area contributed by atoms with E-state index in [1.54, 1.807) is 55.7 Å². The molecular weight excluding hydrogens is 1260 g/mol. The Labute approximate surface area is 501 Å². The van der Waals surface area contributed by atoms with Gasteiger partial charge in [0.2, 0.25) is 35.8 Å². The Kier molecular flexibility index (Phi) is 26.1. The summed E-state index contributed by atoms with van der Waals surface area (Å²) < 4.78 is 74.5. The fraction of sp³-hybridized carbons (Fsp3) is 0.463. The van der Waals surface area contributed by atoms with E-state index < -0.39 is 94.7 Å². The van der Waals surface area contributed by atoms with E-state index >= 15 is 4.39 Å². The normalized spacial score (nSPS) is 17.7. The van der Waals surface area contributed by atoms with Crippen LogP contribution in [0.2, 0.25) is 0 Å². The highest BCUT2D eigenvalue weighted by molar-refractivity contribution is 9.14. The number of nitrogens with zero attached hydrogens (tertiary/aromatic N) is 4. The Morgan fingerprint density at radius 3 is 2.24 bits per heavy atom. The first-order valence-corrected chi connectivity index (χ1v) is 29.3. The first kappa shape index (κ1) is 68.3. The third kappa shape index (κ3) is 18.7. The first-order chi connectivity index (χ1) is 39.5. The second-order valence-electron chi connectivity index (χ2n) is 19.3. The maximum atomic E-state index is 15.2. The smallest absolute Gasteiger partial charge is 0.333 e. The molecule has 1 fully saturated rings. The number of aliphatic hydroxyl groups excluding tert-OH is 2. The highest BCUT2D eigenvalue weighted by Crippen LogP contribution is 2.35. The van der Waals surface area contributed by atoms with E-state index in [0.29, 0.717) is 11.3 Å². The Morgan fingerprint density at radius 1 is 0.952 bits per heavy atom. The minimum absolute atomic E-state index is 0. The van der Waals surface area contributed by atoms with Gasteiger partial charge in [0.25, 0.3) is 11.8 Å². The van der Waals surface area contributed by atoms with E-state index in [-0.39, 0.29) is 148 Å². The molecule has 4 aromatic rings. The van der Waals surface area contributed by atoms with Crippen molar-refractivity contribution in [3.63, 3.8) is 0 Å². The maximum absolute atomic E-state index is 15.2. The molecule has 2 aromatic heterocycles. The van der Waals surface area contributed by atoms with Gasteiger partial charge in [-0.3, -0.25) is 33.1 Å². The highest BCUT2D eigenvalue weighted by atomic mass is 79.9. The molecule has 0 radical (unpaired) electrons. The SMILES string of the molecule is CCOc1cccc(F)c1C#Cc1cn([C@@H]2O[C@H](COS(N)(=O)=O)[C@@H](O)[C@H]2O)c2c1c(N)nc[n+]2Cc1ccc(NC(=O)[C@H](CCCNC(N)=O)CC(=O)[C@@H](NC(=O)CCOCCOCCOCCN2C(=O)C(Br)=C(Br)C2=O)C(C)C)cc1.[CH3-]. The molecule has 458 valence electrons. The van der Waals surface area contributed by atoms with Gasteiger partial charge in [-0.05, 0) is 87.4 Å². The van der Waals surface area contributed by atoms with Gasteiger partial charge in [-0.25, -0.2) is 23.5 Å². The number of nitrogen functional groups attached to an aromatic ring is 1. The van der Waals surface area contributed by atoms with Crippen molar-refractivity contribution < 1.29 is 84.2 Å². The molecule has 2 aromatic carbocycles. The molecule has 2 aliphatic rings. The molecule has 1 saturated heterocycles. The third-order valence-corrected chi connectivity index (χ3v) is 15.4. The van der Waals surface area contributed by atoms with Crippen molar-refractivity contribution in [1.82, 2.24) is 25.1 Å². The minimum Gasteiger partial charge on any atom is -0.492 e. The van der Waals surface area contributed by atoms with Gasteiger partial charge in [-0.1, -0.05) is 48.9 Å². The molecule has 0 unspecified atom stereocenters. The number of nitrogens with two attached hydrogens (primary N) is 3. The molecule has 0 saturated carbocycles. The number of imide groups is 1. The Bertz CT molecular complexity index is 3190. The van der Waals surface area contributed by atoms with E-state index in [9.17, 15) is 47.4 Å². The average Bonchev–Trinajstić information content (AvgIpc) is 2.14. The van der Waals surface area contributed by atoms with E-state index in [1.165, 1.54) is 29.2 Å². The predicted molar refractivity (Wildman–Crippen MR) is 309 cm³/mol. The fourth-order valence-corrected chi connectivity index (χ4v) is 9.93. The summed E-state index contributed by atoms with van der Waals surface area (Å²) in [4.78, 5) is 82.0. The number of ketones is 1. The second kappa shape index (κ2) is 32.1. The topological polar surface area (TPSA) is 371 Å². The lowest BCUT2D eigenvalue weighted by atomic mass is 9.89. The number of nitrogens with one attached hydrogen (secondary N) is 3. The van der Waals surface area contributed by atoms with Gasteiger partial charge in [0, 0.05) is 31.0 Å². The molecule has 4 heterocycles. The number of fused-ring (bicyclic) bond motifs is 1. The van der Waals surface area contributed by atoms with Crippen LogP contribution in [0.5, 0.6) is 5.75 Å². The standard InChI is InChI=1S/C53H65Br2FN10O16S.CH3/c1-4-80-38-9-5-8-36(56)35(38)15-12-33-27-66(52-46(70)45(69)39(82-52)28-81-83(59,75)76)49-41(33)47(57)61-29-64(49)26-31-10-13-34(14-11-31)62-48(71)32(7-6-17-60-53(58)74)25-37(67)44(30(2)3)63-40(68)16-19-77-21-23-79-24-22-78-20-18-65-50(72)42(54)43(55)51(65)73;/h5,8-11,13-14,27,29-30,32,39,44-46,52,57,69-70H,4,6-7,16-26,28H2,1-3H3,(H7,58,59,60,62,63,68,71,74,75,76);1H3/q;-1/p+1/t32-,39-,44+,45-,46-,52-;/m1./s1. The number of primary amides is 1. The Balaban J connectivity index is 0.0000129. The summed E-state index contributed by atoms with van der Waals surface area (Å²) >= 11 is 6.15. The molecule has 84 heavy (non-hydrogen) atoms. The number of aliphatic hydroxyl groups is 2. The molecule has 6 rings (SSSR count). The van der Waals surface area contributed by atoms with Crippen LogP contribution in [-0.4, -0.2) is 159 Å². The summed E-state index contributed by atoms with van der Waals surface area (Å²) in [6.07, 6.45) is -3.06. The molecule has 30 heteroatoms. The predicted octanol–water partition coefficient (Wildman–Crippen LogP) is 2.09. The number of hydrogen-bond acceptors (Lipinski definition) is 18. The zero-order valence-electron chi connectivity index (χ0n) is 46.5. The summed E-state index contributed by atoms with van der Waals surface area (Å²) in [5.41, 5.74) is 13.2. The average molecular weight is 1330 g/mol. The molecule has 2 aliphatic heterocycles. The minimum atomic E-state index is -4.46. The molecular formula is C54H69Br2FN10O16S. The third-order valence-electron chi connectivity index (χ3n) is 13.0. The van der Waals surface area contributed by atoms with Gasteiger partial charge in [0.1, 0.15) is 49.8 Å². The molecule has 0 bridgehead atoms.